The topological polar surface area (TPSA) is 63.4 Å². The Labute approximate surface area is 123 Å². The second-order valence-corrected chi connectivity index (χ2v) is 7.82. The van der Waals surface area contributed by atoms with Gasteiger partial charge in [-0.3, -0.25) is 0 Å². The molecular weight excluding hydrogens is 272 g/mol. The zero-order valence-corrected chi connectivity index (χ0v) is 14.1. The molecule has 4 nitrogen and oxygen atoms in total. The molecule has 114 valence electrons. The lowest BCUT2D eigenvalue weighted by molar-refractivity contribution is 0.319. The van der Waals surface area contributed by atoms with E-state index in [-0.39, 0.29) is 16.9 Å². The molecule has 1 aromatic carbocycles. The van der Waals surface area contributed by atoms with Crippen LogP contribution in [0.15, 0.2) is 17.0 Å². The molecule has 0 fully saturated rings. The first-order valence-corrected chi connectivity index (χ1v) is 8.40. The Hall–Kier alpha value is -1.07. The van der Waals surface area contributed by atoms with Gasteiger partial charge >= 0.3 is 0 Å². The number of hydrogen-bond acceptors (Lipinski definition) is 3. The minimum absolute atomic E-state index is 0.0956. The Bertz CT molecular complexity index is 578. The average molecular weight is 298 g/mol. The van der Waals surface area contributed by atoms with Crippen molar-refractivity contribution in [3.63, 3.8) is 0 Å². The van der Waals surface area contributed by atoms with Crippen LogP contribution in [0.25, 0.3) is 0 Å². The molecule has 0 saturated heterocycles. The second kappa shape index (κ2) is 6.14. The molecular formula is C15H26N2O2S. The van der Waals surface area contributed by atoms with Gasteiger partial charge in [0.25, 0.3) is 0 Å². The van der Waals surface area contributed by atoms with Crippen molar-refractivity contribution in [1.29, 1.82) is 0 Å². The van der Waals surface area contributed by atoms with Gasteiger partial charge in [0.15, 0.2) is 0 Å². The molecule has 1 rings (SSSR count). The van der Waals surface area contributed by atoms with E-state index in [0.717, 1.165) is 11.1 Å². The summed E-state index contributed by atoms with van der Waals surface area (Å²) in [6.45, 7) is 12.0. The predicted molar refractivity (Wildman–Crippen MR) is 84.2 cm³/mol. The van der Waals surface area contributed by atoms with E-state index in [4.69, 9.17) is 5.73 Å². The molecule has 0 saturated carbocycles. The van der Waals surface area contributed by atoms with Gasteiger partial charge in [-0.05, 0) is 50.8 Å². The molecule has 0 aliphatic heterocycles. The van der Waals surface area contributed by atoms with E-state index >= 15 is 0 Å². The zero-order chi connectivity index (χ0) is 15.7. The largest absolute Gasteiger partial charge is 0.398 e. The van der Waals surface area contributed by atoms with E-state index in [9.17, 15) is 8.42 Å². The lowest BCUT2D eigenvalue weighted by atomic mass is 10.1. The van der Waals surface area contributed by atoms with Crippen molar-refractivity contribution in [2.24, 2.45) is 5.92 Å². The van der Waals surface area contributed by atoms with E-state index in [1.54, 1.807) is 6.07 Å². The Kier molecular flexibility index (Phi) is 5.21. The molecule has 0 aliphatic carbocycles. The van der Waals surface area contributed by atoms with Gasteiger partial charge < -0.3 is 5.73 Å². The number of benzene rings is 1. The quantitative estimate of drug-likeness (QED) is 0.850. The summed E-state index contributed by atoms with van der Waals surface area (Å²) in [7, 11) is -3.57. The summed E-state index contributed by atoms with van der Waals surface area (Å²) in [5.41, 5.74) is 7.93. The number of anilines is 1. The molecule has 5 heteroatoms. The normalized spacial score (nSPS) is 12.7. The fraction of sp³-hybridized carbons (Fsp3) is 0.600. The van der Waals surface area contributed by atoms with Gasteiger partial charge in [-0.25, -0.2) is 8.42 Å². The molecule has 0 aromatic heterocycles. The first-order valence-electron chi connectivity index (χ1n) is 6.96. The highest BCUT2D eigenvalue weighted by atomic mass is 32.2. The number of hydrogen-bond donors (Lipinski definition) is 1. The molecule has 1 aromatic rings. The van der Waals surface area contributed by atoms with Crippen LogP contribution in [0.4, 0.5) is 5.69 Å². The van der Waals surface area contributed by atoms with Crippen LogP contribution in [0.1, 0.15) is 38.8 Å². The maximum Gasteiger partial charge on any atom is 0.245 e. The summed E-state index contributed by atoms with van der Waals surface area (Å²) in [4.78, 5) is 0.256. The minimum Gasteiger partial charge on any atom is -0.398 e. The van der Waals surface area contributed by atoms with Gasteiger partial charge in [-0.2, -0.15) is 4.31 Å². The number of nitrogens with zero attached hydrogens (tertiary/aromatic N) is 1. The van der Waals surface area contributed by atoms with Crippen LogP contribution in [0.2, 0.25) is 0 Å². The van der Waals surface area contributed by atoms with Crippen LogP contribution in [-0.2, 0) is 10.0 Å². The molecule has 0 bridgehead atoms. The van der Waals surface area contributed by atoms with Crippen LogP contribution in [0.5, 0.6) is 0 Å². The van der Waals surface area contributed by atoms with Crippen molar-refractivity contribution in [3.8, 4) is 0 Å². The van der Waals surface area contributed by atoms with Crippen LogP contribution >= 0.6 is 0 Å². The molecule has 2 N–H and O–H groups in total. The molecule has 20 heavy (non-hydrogen) atoms. The summed E-state index contributed by atoms with van der Waals surface area (Å²) in [5, 5.41) is 0. The van der Waals surface area contributed by atoms with E-state index in [1.165, 1.54) is 4.31 Å². The highest BCUT2D eigenvalue weighted by Crippen LogP contribution is 2.29. The number of sulfonamides is 1. The number of aryl methyl sites for hydroxylation is 1. The average Bonchev–Trinajstić information content (AvgIpc) is 2.30. The van der Waals surface area contributed by atoms with Crippen LogP contribution < -0.4 is 5.73 Å². The molecule has 0 atom stereocenters. The molecule has 0 amide bonds. The lowest BCUT2D eigenvalue weighted by Crippen LogP contribution is -2.40. The second-order valence-electron chi connectivity index (χ2n) is 5.99. The molecule has 0 spiro atoms. The van der Waals surface area contributed by atoms with Crippen LogP contribution in [0, 0.1) is 19.8 Å². The molecule has 0 heterocycles. The molecule has 0 aliphatic rings. The third-order valence-electron chi connectivity index (χ3n) is 3.39. The summed E-state index contributed by atoms with van der Waals surface area (Å²) >= 11 is 0. The fourth-order valence-electron chi connectivity index (χ4n) is 2.22. The summed E-state index contributed by atoms with van der Waals surface area (Å²) in [6.07, 6.45) is 0. The van der Waals surface area contributed by atoms with Gasteiger partial charge in [0, 0.05) is 12.6 Å². The number of nitrogen functional groups attached to an aromatic ring is 1. The summed E-state index contributed by atoms with van der Waals surface area (Å²) in [5.74, 6) is 0.263. The Morgan fingerprint density at radius 1 is 1.15 bits per heavy atom. The standard InChI is InChI=1S/C15H26N2O2S/c1-10(2)9-17(11(3)4)20(18,19)15-13(6)12(5)7-8-14(15)16/h7-8,10-11H,9,16H2,1-6H3. The van der Waals surface area contributed by atoms with Crippen molar-refractivity contribution in [2.45, 2.75) is 52.5 Å². The van der Waals surface area contributed by atoms with Crippen molar-refractivity contribution < 1.29 is 8.42 Å². The van der Waals surface area contributed by atoms with Crippen molar-refractivity contribution in [2.75, 3.05) is 12.3 Å². The fourth-order valence-corrected chi connectivity index (χ4v) is 4.41. The van der Waals surface area contributed by atoms with Gasteiger partial charge in [-0.1, -0.05) is 19.9 Å². The van der Waals surface area contributed by atoms with Gasteiger partial charge in [0.1, 0.15) is 4.90 Å². The number of rotatable bonds is 5. The van der Waals surface area contributed by atoms with Gasteiger partial charge in [0.05, 0.1) is 5.69 Å². The van der Waals surface area contributed by atoms with Crippen molar-refractivity contribution >= 4 is 15.7 Å². The third-order valence-corrected chi connectivity index (χ3v) is 5.64. The minimum atomic E-state index is -3.57. The highest BCUT2D eigenvalue weighted by Gasteiger charge is 2.31. The van der Waals surface area contributed by atoms with Crippen molar-refractivity contribution in [3.05, 3.63) is 23.3 Å². The smallest absolute Gasteiger partial charge is 0.245 e. The highest BCUT2D eigenvalue weighted by molar-refractivity contribution is 7.89. The lowest BCUT2D eigenvalue weighted by Gasteiger charge is -2.29. The summed E-state index contributed by atoms with van der Waals surface area (Å²) < 4.78 is 27.4. The van der Waals surface area contributed by atoms with Crippen LogP contribution in [0.3, 0.4) is 0 Å². The van der Waals surface area contributed by atoms with E-state index < -0.39 is 10.0 Å². The predicted octanol–water partition coefficient (Wildman–Crippen LogP) is 2.94. The van der Waals surface area contributed by atoms with Gasteiger partial charge in [-0.15, -0.1) is 0 Å². The van der Waals surface area contributed by atoms with E-state index in [0.29, 0.717) is 12.2 Å². The monoisotopic (exact) mass is 298 g/mol. The van der Waals surface area contributed by atoms with Gasteiger partial charge in [0.2, 0.25) is 10.0 Å². The van der Waals surface area contributed by atoms with E-state index in [2.05, 4.69) is 0 Å². The SMILES string of the molecule is Cc1ccc(N)c(S(=O)(=O)N(CC(C)C)C(C)C)c1C. The Morgan fingerprint density at radius 2 is 1.70 bits per heavy atom. The molecule has 0 radical (unpaired) electrons. The maximum absolute atomic E-state index is 12.9. The summed E-state index contributed by atoms with van der Waals surface area (Å²) in [6, 6.07) is 3.43. The maximum atomic E-state index is 12.9. The zero-order valence-electron chi connectivity index (χ0n) is 13.3. The van der Waals surface area contributed by atoms with Crippen LogP contribution in [-0.4, -0.2) is 25.3 Å². The van der Waals surface area contributed by atoms with Crippen molar-refractivity contribution in [1.82, 2.24) is 4.31 Å². The number of nitrogens with two attached hydrogens (primary N) is 1. The first-order chi connectivity index (χ1) is 9.09. The molecule has 0 unspecified atom stereocenters. The first kappa shape index (κ1) is 17.0. The Morgan fingerprint density at radius 3 is 2.15 bits per heavy atom. The third kappa shape index (κ3) is 3.33. The van der Waals surface area contributed by atoms with E-state index in [1.807, 2.05) is 47.6 Å². The Balaban J connectivity index is 3.45.